The van der Waals surface area contributed by atoms with Gasteiger partial charge in [0.2, 0.25) is 0 Å². The third-order valence-corrected chi connectivity index (χ3v) is 6.52. The first-order valence-electron chi connectivity index (χ1n) is 8.26. The highest BCUT2D eigenvalue weighted by Gasteiger charge is 2.36. The van der Waals surface area contributed by atoms with Crippen LogP contribution >= 0.6 is 0 Å². The van der Waals surface area contributed by atoms with E-state index >= 15 is 0 Å². The summed E-state index contributed by atoms with van der Waals surface area (Å²) in [6, 6.07) is 1.16. The Morgan fingerprint density at radius 2 is 1.96 bits per heavy atom. The molecule has 0 unspecified atom stereocenters. The molecule has 1 saturated carbocycles. The van der Waals surface area contributed by atoms with E-state index in [-0.39, 0.29) is 0 Å². The molecule has 0 amide bonds. The van der Waals surface area contributed by atoms with Gasteiger partial charge in [-0.1, -0.05) is 0 Å². The molecular weight excluding hydrogens is 310 g/mol. The van der Waals surface area contributed by atoms with Gasteiger partial charge in [0.25, 0.3) is 0 Å². The van der Waals surface area contributed by atoms with E-state index < -0.39 is 10.8 Å². The molecule has 6 nitrogen and oxygen atoms in total. The number of nitrogens with zero attached hydrogens (tertiary/aromatic N) is 4. The van der Waals surface area contributed by atoms with Crippen LogP contribution in [0, 0.1) is 6.92 Å². The molecule has 124 valence electrons. The number of anilines is 1. The summed E-state index contributed by atoms with van der Waals surface area (Å²) in [5.41, 5.74) is 2.26. The molecule has 4 rings (SSSR count). The normalized spacial score (nSPS) is 26.3. The maximum atomic E-state index is 11.5. The molecule has 2 aromatic rings. The number of aryl methyl sites for hydroxylation is 1. The second kappa shape index (κ2) is 5.87. The third-order valence-electron chi connectivity index (χ3n) is 5.25. The number of hydrogen-bond donors (Lipinski definition) is 1. The smallest absolute Gasteiger partial charge is 0.145 e. The summed E-state index contributed by atoms with van der Waals surface area (Å²) in [4.78, 5) is 11.4. The van der Waals surface area contributed by atoms with Crippen molar-refractivity contribution in [3.63, 3.8) is 0 Å². The zero-order chi connectivity index (χ0) is 16.0. The maximum absolute atomic E-state index is 11.5. The molecule has 0 radical (unpaired) electrons. The summed E-state index contributed by atoms with van der Waals surface area (Å²) in [6.07, 6.45) is 6.18. The van der Waals surface area contributed by atoms with Gasteiger partial charge >= 0.3 is 0 Å². The first kappa shape index (κ1) is 15.1. The molecule has 2 aromatic heterocycles. The molecule has 1 aliphatic carbocycles. The highest BCUT2D eigenvalue weighted by molar-refractivity contribution is 7.85. The SMILES string of the molecule is CNc1ncnc2c1c(C)cn2C1CC(N2CCS(=O)CC2)C1. The second-order valence-corrected chi connectivity index (χ2v) is 8.25. The van der Waals surface area contributed by atoms with Crippen LogP contribution in [-0.2, 0) is 10.8 Å². The molecule has 0 atom stereocenters. The summed E-state index contributed by atoms with van der Waals surface area (Å²) >= 11 is 0. The highest BCUT2D eigenvalue weighted by atomic mass is 32.2. The van der Waals surface area contributed by atoms with Crippen molar-refractivity contribution >= 4 is 27.7 Å². The monoisotopic (exact) mass is 333 g/mol. The van der Waals surface area contributed by atoms with E-state index in [2.05, 4.69) is 37.9 Å². The fraction of sp³-hybridized carbons (Fsp3) is 0.625. The van der Waals surface area contributed by atoms with Crippen molar-refractivity contribution in [2.75, 3.05) is 37.0 Å². The van der Waals surface area contributed by atoms with Gasteiger partial charge in [0.15, 0.2) is 0 Å². The van der Waals surface area contributed by atoms with Crippen molar-refractivity contribution in [1.82, 2.24) is 19.4 Å². The van der Waals surface area contributed by atoms with Gasteiger partial charge in [-0.15, -0.1) is 0 Å². The van der Waals surface area contributed by atoms with Crippen molar-refractivity contribution in [1.29, 1.82) is 0 Å². The van der Waals surface area contributed by atoms with Crippen LogP contribution in [0.4, 0.5) is 5.82 Å². The van der Waals surface area contributed by atoms with Gasteiger partial charge in [-0.05, 0) is 25.3 Å². The predicted molar refractivity (Wildman–Crippen MR) is 93.3 cm³/mol. The van der Waals surface area contributed by atoms with Crippen LogP contribution < -0.4 is 5.32 Å². The molecule has 0 spiro atoms. The zero-order valence-corrected chi connectivity index (χ0v) is 14.5. The molecule has 0 aromatic carbocycles. The molecule has 23 heavy (non-hydrogen) atoms. The zero-order valence-electron chi connectivity index (χ0n) is 13.7. The van der Waals surface area contributed by atoms with E-state index in [0.717, 1.165) is 54.3 Å². The fourth-order valence-corrected chi connectivity index (χ4v) is 4.92. The Kier molecular flexibility index (Phi) is 3.85. The molecule has 0 bridgehead atoms. The molecule has 3 heterocycles. The molecule has 7 heteroatoms. The van der Waals surface area contributed by atoms with Crippen LogP contribution in [0.5, 0.6) is 0 Å². The van der Waals surface area contributed by atoms with E-state index in [1.165, 1.54) is 5.56 Å². The molecule has 2 aliphatic rings. The van der Waals surface area contributed by atoms with Gasteiger partial charge < -0.3 is 9.88 Å². The maximum Gasteiger partial charge on any atom is 0.145 e. The van der Waals surface area contributed by atoms with Crippen molar-refractivity contribution in [3.8, 4) is 0 Å². The van der Waals surface area contributed by atoms with Crippen LogP contribution in [0.25, 0.3) is 11.0 Å². The minimum Gasteiger partial charge on any atom is -0.372 e. The van der Waals surface area contributed by atoms with Crippen LogP contribution in [0.1, 0.15) is 24.4 Å². The van der Waals surface area contributed by atoms with Crippen molar-refractivity contribution in [2.24, 2.45) is 0 Å². The van der Waals surface area contributed by atoms with E-state index in [0.29, 0.717) is 12.1 Å². The standard InChI is InChI=1S/C16H23N5OS/c1-11-9-21(16-14(11)15(17-2)18-10-19-16)13-7-12(8-13)20-3-5-23(22)6-4-20/h9-10,12-13H,3-8H2,1-2H3,(H,17,18,19). The lowest BCUT2D eigenvalue weighted by molar-refractivity contribution is 0.0930. The number of fused-ring (bicyclic) bond motifs is 1. The summed E-state index contributed by atoms with van der Waals surface area (Å²) in [6.45, 7) is 4.10. The average Bonchev–Trinajstić information content (AvgIpc) is 2.85. The number of hydrogen-bond acceptors (Lipinski definition) is 5. The van der Waals surface area contributed by atoms with E-state index in [1.807, 2.05) is 7.05 Å². The second-order valence-electron chi connectivity index (χ2n) is 6.55. The first-order valence-corrected chi connectivity index (χ1v) is 9.75. The van der Waals surface area contributed by atoms with Crippen LogP contribution in [0.2, 0.25) is 0 Å². The Morgan fingerprint density at radius 1 is 1.22 bits per heavy atom. The van der Waals surface area contributed by atoms with Gasteiger partial charge in [-0.3, -0.25) is 9.11 Å². The minimum absolute atomic E-state index is 0.517. The Labute approximate surface area is 138 Å². The quantitative estimate of drug-likeness (QED) is 0.923. The van der Waals surface area contributed by atoms with Crippen LogP contribution in [0.3, 0.4) is 0 Å². The van der Waals surface area contributed by atoms with E-state index in [1.54, 1.807) is 6.33 Å². The predicted octanol–water partition coefficient (Wildman–Crippen LogP) is 1.55. The summed E-state index contributed by atoms with van der Waals surface area (Å²) in [5, 5.41) is 4.29. The minimum atomic E-state index is -0.590. The lowest BCUT2D eigenvalue weighted by Gasteiger charge is -2.44. The Morgan fingerprint density at radius 3 is 2.65 bits per heavy atom. The van der Waals surface area contributed by atoms with Gasteiger partial charge in [0.05, 0.1) is 5.39 Å². The van der Waals surface area contributed by atoms with Crippen molar-refractivity contribution in [2.45, 2.75) is 31.8 Å². The Balaban J connectivity index is 1.52. The van der Waals surface area contributed by atoms with E-state index in [9.17, 15) is 4.21 Å². The Bertz CT molecular complexity index is 742. The van der Waals surface area contributed by atoms with Crippen molar-refractivity contribution < 1.29 is 4.21 Å². The highest BCUT2D eigenvalue weighted by Crippen LogP contribution is 2.39. The van der Waals surface area contributed by atoms with E-state index in [4.69, 9.17) is 0 Å². The fourth-order valence-electron chi connectivity index (χ4n) is 3.84. The molecule has 1 saturated heterocycles. The number of nitrogens with one attached hydrogen (secondary N) is 1. The molecule has 1 aliphatic heterocycles. The summed E-state index contributed by atoms with van der Waals surface area (Å²) in [5.74, 6) is 2.58. The summed E-state index contributed by atoms with van der Waals surface area (Å²) < 4.78 is 13.8. The number of rotatable bonds is 3. The largest absolute Gasteiger partial charge is 0.372 e. The number of aromatic nitrogens is 3. The summed E-state index contributed by atoms with van der Waals surface area (Å²) in [7, 11) is 1.31. The van der Waals surface area contributed by atoms with Gasteiger partial charge in [0, 0.05) is 60.7 Å². The van der Waals surface area contributed by atoms with Gasteiger partial charge in [0.1, 0.15) is 17.8 Å². The van der Waals surface area contributed by atoms with Gasteiger partial charge in [-0.25, -0.2) is 9.97 Å². The van der Waals surface area contributed by atoms with Crippen molar-refractivity contribution in [3.05, 3.63) is 18.1 Å². The third kappa shape index (κ3) is 2.55. The topological polar surface area (TPSA) is 63.1 Å². The molecule has 1 N–H and O–H groups in total. The Hall–Kier alpha value is -1.47. The lowest BCUT2D eigenvalue weighted by atomic mass is 9.85. The van der Waals surface area contributed by atoms with Crippen LogP contribution in [0.15, 0.2) is 12.5 Å². The lowest BCUT2D eigenvalue weighted by Crippen LogP contribution is -2.50. The first-order chi connectivity index (χ1) is 11.2. The van der Waals surface area contributed by atoms with Gasteiger partial charge in [-0.2, -0.15) is 0 Å². The molecular formula is C16H23N5OS. The van der Waals surface area contributed by atoms with Crippen LogP contribution in [-0.4, -0.2) is 61.3 Å². The average molecular weight is 333 g/mol. The molecule has 2 fully saturated rings.